The third kappa shape index (κ3) is 3.98. The predicted octanol–water partition coefficient (Wildman–Crippen LogP) is 7.67. The fourth-order valence-corrected chi connectivity index (χ4v) is 5.20. The molecule has 0 unspecified atom stereocenters. The van der Waals surface area contributed by atoms with Gasteiger partial charge in [-0.1, -0.05) is 12.1 Å². The van der Waals surface area contributed by atoms with E-state index in [1.807, 2.05) is 13.8 Å². The van der Waals surface area contributed by atoms with Gasteiger partial charge >= 0.3 is 6.18 Å². The fraction of sp³-hybridized carbons (Fsp3) is 0.133. The lowest BCUT2D eigenvalue weighted by atomic mass is 9.96. The van der Waals surface area contributed by atoms with Crippen molar-refractivity contribution in [3.05, 3.63) is 94.2 Å². The van der Waals surface area contributed by atoms with Gasteiger partial charge in [0.1, 0.15) is 17.0 Å². The lowest BCUT2D eigenvalue weighted by Crippen LogP contribution is -2.24. The number of furan rings is 2. The van der Waals surface area contributed by atoms with Gasteiger partial charge in [0.15, 0.2) is 11.6 Å². The number of anilines is 1. The lowest BCUT2D eigenvalue weighted by molar-refractivity contribution is -0.140. The largest absolute Gasteiger partial charge is 0.455 e. The quantitative estimate of drug-likeness (QED) is 0.175. The Labute approximate surface area is 223 Å². The van der Waals surface area contributed by atoms with Crippen LogP contribution in [0, 0.1) is 25.5 Å². The van der Waals surface area contributed by atoms with Crippen LogP contribution in [0.15, 0.2) is 59.0 Å². The van der Waals surface area contributed by atoms with Crippen molar-refractivity contribution in [2.75, 3.05) is 5.73 Å². The first-order valence-electron chi connectivity index (χ1n) is 12.2. The molecule has 3 N–H and O–H groups in total. The molecular formula is C30H20F5N3O2. The van der Waals surface area contributed by atoms with Crippen molar-refractivity contribution < 1.29 is 31.2 Å². The maximum absolute atomic E-state index is 14.7. The third-order valence-corrected chi connectivity index (χ3v) is 7.18. The number of alkyl halides is 3. The Bertz CT molecular complexity index is 1950. The standard InChI is InChI=1S/C30H20F5N3O2/c1-13-9-24(36)38-14(2)22(13)12-37-29(39)16-4-6-19-21(11-16)28-20-10-15(3-5-18(20)27(19)40-28)17-7-8-23(30(33,34)35)26(32)25(17)31/h3-11H,12H2,1-2H3,(H2,36,38)(H,37,39). The van der Waals surface area contributed by atoms with Crippen LogP contribution >= 0.6 is 0 Å². The van der Waals surface area contributed by atoms with Gasteiger partial charge in [0.2, 0.25) is 0 Å². The first-order chi connectivity index (χ1) is 18.9. The van der Waals surface area contributed by atoms with Crippen molar-refractivity contribution in [2.45, 2.75) is 26.6 Å². The third-order valence-electron chi connectivity index (χ3n) is 7.18. The van der Waals surface area contributed by atoms with Crippen molar-refractivity contribution >= 4 is 44.4 Å². The zero-order chi connectivity index (χ0) is 28.5. The highest BCUT2D eigenvalue weighted by Gasteiger charge is 2.36. The van der Waals surface area contributed by atoms with E-state index < -0.39 is 23.4 Å². The summed E-state index contributed by atoms with van der Waals surface area (Å²) >= 11 is 0. The Kier molecular flexibility index (Phi) is 5.69. The number of benzene rings is 4. The first kappa shape index (κ1) is 25.5. The highest BCUT2D eigenvalue weighted by atomic mass is 19.4. The van der Waals surface area contributed by atoms with E-state index >= 15 is 0 Å². The van der Waals surface area contributed by atoms with E-state index in [4.69, 9.17) is 10.2 Å². The van der Waals surface area contributed by atoms with Crippen LogP contribution in [0.3, 0.4) is 0 Å². The van der Waals surface area contributed by atoms with Crippen LogP contribution in [0.25, 0.3) is 43.8 Å². The number of halogens is 5. The summed E-state index contributed by atoms with van der Waals surface area (Å²) in [6.45, 7) is 3.96. The number of hydrogen-bond donors (Lipinski definition) is 2. The molecule has 5 nitrogen and oxygen atoms in total. The summed E-state index contributed by atoms with van der Waals surface area (Å²) in [5.74, 6) is -3.45. The molecule has 0 saturated carbocycles. The number of aryl methyl sites for hydroxylation is 2. The molecule has 0 spiro atoms. The molecule has 202 valence electrons. The maximum atomic E-state index is 14.7. The second kappa shape index (κ2) is 8.90. The minimum atomic E-state index is -5.02. The van der Waals surface area contributed by atoms with Gasteiger partial charge in [-0.3, -0.25) is 4.79 Å². The van der Waals surface area contributed by atoms with Crippen molar-refractivity contribution in [1.82, 2.24) is 10.3 Å². The number of rotatable bonds is 4. The summed E-state index contributed by atoms with van der Waals surface area (Å²) in [4.78, 5) is 17.2. The Morgan fingerprint density at radius 1 is 0.900 bits per heavy atom. The molecule has 2 bridgehead atoms. The van der Waals surface area contributed by atoms with Crippen LogP contribution in [0.5, 0.6) is 0 Å². The summed E-state index contributed by atoms with van der Waals surface area (Å²) in [5.41, 5.74) is 7.86. The summed E-state index contributed by atoms with van der Waals surface area (Å²) in [6.07, 6.45) is -5.02. The SMILES string of the molecule is Cc1cc(N)nc(C)c1CNC(=O)c1ccc2c(c1)c1oc2c2ccc(-c3ccc(C(F)(F)F)c(F)c3F)cc21. The van der Waals surface area contributed by atoms with Crippen LogP contribution in [0.4, 0.5) is 27.8 Å². The topological polar surface area (TPSA) is 81.1 Å². The van der Waals surface area contributed by atoms with Crippen LogP contribution in [0.2, 0.25) is 0 Å². The molecule has 1 amide bonds. The Hall–Kier alpha value is -4.73. The minimum absolute atomic E-state index is 0.186. The van der Waals surface area contributed by atoms with Crippen LogP contribution in [0.1, 0.15) is 32.7 Å². The van der Waals surface area contributed by atoms with Gasteiger partial charge in [0.25, 0.3) is 5.91 Å². The molecule has 10 heteroatoms. The van der Waals surface area contributed by atoms with Gasteiger partial charge in [-0.2, -0.15) is 13.2 Å². The smallest absolute Gasteiger partial charge is 0.419 e. The van der Waals surface area contributed by atoms with Gasteiger partial charge in [-0.05, 0) is 73.0 Å². The molecule has 0 aliphatic carbocycles. The average Bonchev–Trinajstić information content (AvgIpc) is 3.45. The highest BCUT2D eigenvalue weighted by Crippen LogP contribution is 2.43. The molecule has 0 saturated heterocycles. The molecule has 0 atom stereocenters. The van der Waals surface area contributed by atoms with Crippen molar-refractivity contribution in [3.8, 4) is 11.1 Å². The van der Waals surface area contributed by atoms with Gasteiger partial charge < -0.3 is 15.5 Å². The molecule has 6 rings (SSSR count). The number of nitrogens with one attached hydrogen (secondary N) is 1. The first-order valence-corrected chi connectivity index (χ1v) is 12.2. The Morgan fingerprint density at radius 2 is 1.57 bits per heavy atom. The number of aromatic nitrogens is 1. The second-order valence-electron chi connectivity index (χ2n) is 9.68. The number of amides is 1. The number of carbonyl (C=O) groups excluding carboxylic acids is 1. The lowest BCUT2D eigenvalue weighted by Gasteiger charge is -2.12. The molecule has 3 aromatic heterocycles. The molecule has 0 fully saturated rings. The zero-order valence-corrected chi connectivity index (χ0v) is 21.1. The number of nitrogens with zero attached hydrogens (tertiary/aromatic N) is 1. The van der Waals surface area contributed by atoms with E-state index in [2.05, 4.69) is 10.3 Å². The number of hydrogen-bond acceptors (Lipinski definition) is 4. The Morgan fingerprint density at radius 3 is 2.27 bits per heavy atom. The summed E-state index contributed by atoms with van der Waals surface area (Å²) in [7, 11) is 0. The van der Waals surface area contributed by atoms with Crippen molar-refractivity contribution in [3.63, 3.8) is 0 Å². The molecule has 0 radical (unpaired) electrons. The molecule has 6 aromatic rings. The normalized spacial score (nSPS) is 12.2. The predicted molar refractivity (Wildman–Crippen MR) is 142 cm³/mol. The van der Waals surface area contributed by atoms with Crippen molar-refractivity contribution in [1.29, 1.82) is 0 Å². The van der Waals surface area contributed by atoms with E-state index in [9.17, 15) is 26.7 Å². The summed E-state index contributed by atoms with van der Waals surface area (Å²) < 4.78 is 73.9. The second-order valence-corrected chi connectivity index (χ2v) is 9.68. The molecular weight excluding hydrogens is 529 g/mol. The van der Waals surface area contributed by atoms with E-state index in [1.165, 1.54) is 12.1 Å². The average molecular weight is 549 g/mol. The van der Waals surface area contributed by atoms with E-state index in [-0.39, 0.29) is 23.6 Å². The number of nitrogen functional groups attached to an aromatic ring is 1. The van der Waals surface area contributed by atoms with E-state index in [0.29, 0.717) is 44.8 Å². The number of fused-ring (bicyclic) bond motifs is 8. The molecule has 3 heterocycles. The van der Waals surface area contributed by atoms with Crippen LogP contribution < -0.4 is 11.1 Å². The minimum Gasteiger partial charge on any atom is -0.455 e. The molecule has 0 aliphatic rings. The van der Waals surface area contributed by atoms with Crippen LogP contribution in [-0.4, -0.2) is 10.9 Å². The van der Waals surface area contributed by atoms with Crippen LogP contribution in [-0.2, 0) is 12.7 Å². The van der Waals surface area contributed by atoms with Gasteiger partial charge in [-0.25, -0.2) is 13.8 Å². The zero-order valence-electron chi connectivity index (χ0n) is 21.1. The summed E-state index contributed by atoms with van der Waals surface area (Å²) in [6, 6.07) is 13.0. The maximum Gasteiger partial charge on any atom is 0.419 e. The highest BCUT2D eigenvalue weighted by molar-refractivity contribution is 6.26. The molecule has 3 aromatic carbocycles. The molecule has 0 aliphatic heterocycles. The van der Waals surface area contributed by atoms with Crippen molar-refractivity contribution in [2.24, 2.45) is 0 Å². The van der Waals surface area contributed by atoms with E-state index in [1.54, 1.807) is 30.3 Å². The monoisotopic (exact) mass is 549 g/mol. The van der Waals surface area contributed by atoms with Gasteiger partial charge in [0.05, 0.1) is 5.56 Å². The molecule has 40 heavy (non-hydrogen) atoms. The fourth-order valence-electron chi connectivity index (χ4n) is 5.20. The Balaban J connectivity index is 1.36. The van der Waals surface area contributed by atoms with Gasteiger partial charge in [-0.15, -0.1) is 0 Å². The number of pyridine rings is 1. The number of nitrogens with two attached hydrogens (primary N) is 1. The summed E-state index contributed by atoms with van der Waals surface area (Å²) in [5, 5.41) is 5.58. The van der Waals surface area contributed by atoms with E-state index in [0.717, 1.165) is 28.3 Å². The van der Waals surface area contributed by atoms with Gasteiger partial charge in [0, 0.05) is 44.9 Å². The number of carbonyl (C=O) groups is 1.